The molecule has 2 amide bonds. The lowest BCUT2D eigenvalue weighted by Crippen LogP contribution is -2.62. The first-order valence-corrected chi connectivity index (χ1v) is 8.56. The molecule has 0 saturated carbocycles. The third-order valence-electron chi connectivity index (χ3n) is 4.11. The van der Waals surface area contributed by atoms with Gasteiger partial charge in [-0.1, -0.05) is 12.1 Å². The zero-order valence-corrected chi connectivity index (χ0v) is 13.9. The van der Waals surface area contributed by atoms with Crippen LogP contribution in [0.3, 0.4) is 0 Å². The molecular formula is C16H19N5O2S. The first-order chi connectivity index (χ1) is 11.6. The number of nitrogens with one attached hydrogen (secondary N) is 3. The van der Waals surface area contributed by atoms with Crippen LogP contribution in [0.2, 0.25) is 0 Å². The summed E-state index contributed by atoms with van der Waals surface area (Å²) in [5.74, 6) is -0.215. The summed E-state index contributed by atoms with van der Waals surface area (Å²) >= 11 is 1.39. The smallest absolute Gasteiger partial charge is 0.251 e. The minimum Gasteiger partial charge on any atom is -0.375 e. The normalized spacial score (nSPS) is 20.3. The highest BCUT2D eigenvalue weighted by Gasteiger charge is 2.39. The maximum Gasteiger partial charge on any atom is 0.251 e. The van der Waals surface area contributed by atoms with Crippen molar-refractivity contribution in [3.8, 4) is 11.3 Å². The van der Waals surface area contributed by atoms with E-state index in [0.29, 0.717) is 30.2 Å². The van der Waals surface area contributed by atoms with Gasteiger partial charge in [0.1, 0.15) is 5.54 Å². The van der Waals surface area contributed by atoms with Gasteiger partial charge in [-0.2, -0.15) is 0 Å². The fraction of sp³-hybridized carbons (Fsp3) is 0.312. The molecule has 5 N–H and O–H groups in total. The van der Waals surface area contributed by atoms with E-state index in [0.717, 1.165) is 24.2 Å². The maximum absolute atomic E-state index is 12.6. The van der Waals surface area contributed by atoms with Gasteiger partial charge in [-0.25, -0.2) is 4.98 Å². The monoisotopic (exact) mass is 345 g/mol. The van der Waals surface area contributed by atoms with E-state index in [1.54, 1.807) is 0 Å². The number of nitrogens with zero attached hydrogens (tertiary/aromatic N) is 1. The number of piperidine rings is 1. The van der Waals surface area contributed by atoms with Crippen molar-refractivity contribution >= 4 is 34.5 Å². The predicted molar refractivity (Wildman–Crippen MR) is 94.6 cm³/mol. The van der Waals surface area contributed by atoms with E-state index in [4.69, 9.17) is 5.73 Å². The van der Waals surface area contributed by atoms with Crippen molar-refractivity contribution in [2.45, 2.75) is 18.4 Å². The van der Waals surface area contributed by atoms with Gasteiger partial charge in [0.15, 0.2) is 5.13 Å². The summed E-state index contributed by atoms with van der Waals surface area (Å²) in [6.07, 6.45) is 2.03. The molecule has 0 spiro atoms. The van der Waals surface area contributed by atoms with Crippen LogP contribution in [0.15, 0.2) is 29.6 Å². The van der Waals surface area contributed by atoms with Crippen LogP contribution in [-0.2, 0) is 9.59 Å². The third kappa shape index (κ3) is 3.39. The number of thiazole rings is 1. The second-order valence-corrected chi connectivity index (χ2v) is 6.62. The van der Waals surface area contributed by atoms with Gasteiger partial charge in [-0.15, -0.1) is 11.3 Å². The van der Waals surface area contributed by atoms with Crippen molar-refractivity contribution < 1.29 is 9.59 Å². The molecule has 1 aromatic heterocycles. The first kappa shape index (κ1) is 16.4. The van der Waals surface area contributed by atoms with Gasteiger partial charge in [0.25, 0.3) is 5.91 Å². The summed E-state index contributed by atoms with van der Waals surface area (Å²) in [6.45, 7) is 1.27. The van der Waals surface area contributed by atoms with Crippen LogP contribution >= 0.6 is 11.3 Å². The van der Waals surface area contributed by atoms with Gasteiger partial charge in [0.05, 0.1) is 5.69 Å². The Morgan fingerprint density at radius 1 is 1.38 bits per heavy atom. The molecule has 24 heavy (non-hydrogen) atoms. The van der Waals surface area contributed by atoms with Gasteiger partial charge >= 0.3 is 0 Å². The highest BCUT2D eigenvalue weighted by Crippen LogP contribution is 2.25. The number of carbonyl (C=O) groups is 2. The molecule has 2 heterocycles. The Labute approximate surface area is 143 Å². The lowest BCUT2D eigenvalue weighted by atomic mass is 9.89. The maximum atomic E-state index is 12.6. The quantitative estimate of drug-likeness (QED) is 0.609. The Kier molecular flexibility index (Phi) is 4.77. The van der Waals surface area contributed by atoms with E-state index < -0.39 is 5.54 Å². The lowest BCUT2D eigenvalue weighted by Gasteiger charge is -2.35. The highest BCUT2D eigenvalue weighted by atomic mass is 32.1. The van der Waals surface area contributed by atoms with Gasteiger partial charge in [-0.3, -0.25) is 9.59 Å². The molecule has 1 aromatic carbocycles. The Bertz CT molecular complexity index is 722. The Hall–Kier alpha value is -2.45. The van der Waals surface area contributed by atoms with E-state index in [9.17, 15) is 9.59 Å². The highest BCUT2D eigenvalue weighted by molar-refractivity contribution is 7.13. The van der Waals surface area contributed by atoms with Crippen molar-refractivity contribution in [2.24, 2.45) is 0 Å². The molecule has 1 unspecified atom stereocenters. The van der Waals surface area contributed by atoms with Crippen molar-refractivity contribution in [3.63, 3.8) is 0 Å². The van der Waals surface area contributed by atoms with Gasteiger partial charge in [0, 0.05) is 23.2 Å². The van der Waals surface area contributed by atoms with Crippen LogP contribution in [0.4, 0.5) is 10.8 Å². The molecule has 8 heteroatoms. The average molecular weight is 345 g/mol. The summed E-state index contributed by atoms with van der Waals surface area (Å²) in [6, 6.07) is 7.38. The van der Waals surface area contributed by atoms with Gasteiger partial charge in [-0.05, 0) is 31.5 Å². The zero-order valence-electron chi connectivity index (χ0n) is 13.0. The lowest BCUT2D eigenvalue weighted by molar-refractivity contribution is -0.126. The fourth-order valence-electron chi connectivity index (χ4n) is 2.80. The third-order valence-corrected chi connectivity index (χ3v) is 4.79. The number of aromatic nitrogens is 1. The van der Waals surface area contributed by atoms with Gasteiger partial charge in [0.2, 0.25) is 6.41 Å². The van der Waals surface area contributed by atoms with Gasteiger partial charge < -0.3 is 21.7 Å². The Morgan fingerprint density at radius 2 is 2.17 bits per heavy atom. The molecule has 1 fully saturated rings. The van der Waals surface area contributed by atoms with Crippen molar-refractivity contribution in [3.05, 3.63) is 29.6 Å². The second kappa shape index (κ2) is 6.98. The van der Waals surface area contributed by atoms with E-state index in [2.05, 4.69) is 20.9 Å². The van der Waals surface area contributed by atoms with Crippen LogP contribution in [0.1, 0.15) is 12.8 Å². The van der Waals surface area contributed by atoms with Crippen LogP contribution in [-0.4, -0.2) is 35.9 Å². The summed E-state index contributed by atoms with van der Waals surface area (Å²) < 4.78 is 0. The van der Waals surface area contributed by atoms with Crippen LogP contribution in [0.5, 0.6) is 0 Å². The van der Waals surface area contributed by atoms with E-state index in [1.165, 1.54) is 11.3 Å². The minimum atomic E-state index is -0.901. The van der Waals surface area contributed by atoms with Crippen LogP contribution in [0.25, 0.3) is 11.3 Å². The van der Waals surface area contributed by atoms with Crippen molar-refractivity contribution in [1.29, 1.82) is 0 Å². The fourth-order valence-corrected chi connectivity index (χ4v) is 3.37. The molecule has 0 bridgehead atoms. The summed E-state index contributed by atoms with van der Waals surface area (Å²) in [5, 5.41) is 11.1. The number of benzene rings is 1. The average Bonchev–Trinajstić information content (AvgIpc) is 3.03. The number of nitrogen functional groups attached to an aromatic ring is 1. The zero-order chi connectivity index (χ0) is 17.0. The largest absolute Gasteiger partial charge is 0.375 e. The number of amides is 2. The molecule has 126 valence electrons. The molecule has 3 rings (SSSR count). The first-order valence-electron chi connectivity index (χ1n) is 7.68. The summed E-state index contributed by atoms with van der Waals surface area (Å²) in [7, 11) is 0. The number of nitrogens with two attached hydrogens (primary N) is 1. The van der Waals surface area contributed by atoms with E-state index >= 15 is 0 Å². The summed E-state index contributed by atoms with van der Waals surface area (Å²) in [4.78, 5) is 27.8. The van der Waals surface area contributed by atoms with Crippen LogP contribution < -0.4 is 21.7 Å². The van der Waals surface area contributed by atoms with E-state index in [-0.39, 0.29) is 5.91 Å². The number of rotatable bonds is 5. The van der Waals surface area contributed by atoms with Crippen molar-refractivity contribution in [2.75, 3.05) is 24.1 Å². The van der Waals surface area contributed by atoms with Crippen molar-refractivity contribution in [1.82, 2.24) is 15.6 Å². The number of hydrogen-bond acceptors (Lipinski definition) is 6. The number of anilines is 2. The van der Waals surface area contributed by atoms with Crippen LogP contribution in [0, 0.1) is 0 Å². The molecule has 1 aliphatic rings. The molecule has 1 saturated heterocycles. The number of hydrogen-bond donors (Lipinski definition) is 4. The summed E-state index contributed by atoms with van der Waals surface area (Å²) in [5.41, 5.74) is 7.16. The topological polar surface area (TPSA) is 109 Å². The molecular weight excluding hydrogens is 326 g/mol. The Balaban J connectivity index is 1.72. The Morgan fingerprint density at radius 3 is 2.75 bits per heavy atom. The number of carbonyl (C=O) groups excluding carboxylic acids is 2. The standard InChI is InChI=1S/C16H19N5O2S/c17-15-21-13(8-24-15)11-2-4-12(5-3-11)20-14(23)16(19-10-22)6-1-7-18-9-16/h2-5,8,10,18H,1,6-7,9H2,(H2,17,21)(H,19,22)(H,20,23). The molecule has 0 radical (unpaired) electrons. The predicted octanol–water partition coefficient (Wildman–Crippen LogP) is 1.20. The second-order valence-electron chi connectivity index (χ2n) is 5.73. The molecule has 2 aromatic rings. The molecule has 7 nitrogen and oxygen atoms in total. The molecule has 1 atom stereocenters. The minimum absolute atomic E-state index is 0.215. The van der Waals surface area contributed by atoms with E-state index in [1.807, 2.05) is 29.6 Å². The molecule has 1 aliphatic heterocycles. The molecule has 0 aliphatic carbocycles. The SMILES string of the molecule is Nc1nc(-c2ccc(NC(=O)C3(NC=O)CCCNC3)cc2)cs1.